The second kappa shape index (κ2) is 16.7. The fourth-order valence-corrected chi connectivity index (χ4v) is 9.23. The first kappa shape index (κ1) is 41.2. The summed E-state index contributed by atoms with van der Waals surface area (Å²) in [6, 6.07) is 66.8. The Bertz CT molecular complexity index is 3360. The van der Waals surface area contributed by atoms with Gasteiger partial charge in [-0.15, -0.1) is 0 Å². The minimum absolute atomic E-state index is 0.165. The van der Waals surface area contributed by atoms with Gasteiger partial charge in [0.05, 0.1) is 28.0 Å². The lowest BCUT2D eigenvalue weighted by Gasteiger charge is -2.27. The van der Waals surface area contributed by atoms with E-state index in [1.165, 1.54) is 11.1 Å². The van der Waals surface area contributed by atoms with E-state index in [2.05, 4.69) is 221 Å². The third-order valence-corrected chi connectivity index (χ3v) is 12.5. The number of hydrogen-bond acceptors (Lipinski definition) is 3. The molecule has 316 valence electrons. The molecule has 0 aliphatic rings. The molecule has 4 nitrogen and oxygen atoms in total. The van der Waals surface area contributed by atoms with Crippen molar-refractivity contribution >= 4 is 11.0 Å². The third-order valence-electron chi connectivity index (χ3n) is 12.5. The number of rotatable bonds is 8. The Labute approximate surface area is 382 Å². The highest BCUT2D eigenvalue weighted by Crippen LogP contribution is 2.45. The molecule has 65 heavy (non-hydrogen) atoms. The Hall–Kier alpha value is -7.82. The van der Waals surface area contributed by atoms with Crippen molar-refractivity contribution in [1.82, 2.24) is 14.5 Å². The summed E-state index contributed by atoms with van der Waals surface area (Å²) < 4.78 is 2.28. The Morgan fingerprint density at radius 3 is 1.74 bits per heavy atom. The molecule has 0 spiro atoms. The molecule has 0 aliphatic carbocycles. The number of phenolic OH excluding ortho intramolecular Hbond substituents is 1. The van der Waals surface area contributed by atoms with Gasteiger partial charge in [-0.2, -0.15) is 0 Å². The lowest BCUT2D eigenvalue weighted by atomic mass is 9.79. The monoisotopic (exact) mass is 841 g/mol. The molecule has 1 N–H and O–H groups in total. The van der Waals surface area contributed by atoms with E-state index < -0.39 is 0 Å². The van der Waals surface area contributed by atoms with Gasteiger partial charge < -0.3 is 5.11 Å². The van der Waals surface area contributed by atoms with Gasteiger partial charge in [-0.3, -0.25) is 9.55 Å². The predicted octanol–water partition coefficient (Wildman–Crippen LogP) is 16.0. The van der Waals surface area contributed by atoms with Crippen LogP contribution in [0.15, 0.2) is 194 Å². The van der Waals surface area contributed by atoms with E-state index in [0.717, 1.165) is 94.7 Å². The van der Waals surface area contributed by atoms with Crippen molar-refractivity contribution in [2.75, 3.05) is 0 Å². The third kappa shape index (κ3) is 7.93. The van der Waals surface area contributed by atoms with Crippen LogP contribution < -0.4 is 0 Å². The van der Waals surface area contributed by atoms with Crippen LogP contribution in [0, 0.1) is 20.8 Å². The molecule has 0 saturated heterocycles. The fourth-order valence-electron chi connectivity index (χ4n) is 9.23. The highest BCUT2D eigenvalue weighted by atomic mass is 16.3. The van der Waals surface area contributed by atoms with Crippen LogP contribution in [0.2, 0.25) is 0 Å². The number of aromatic hydroxyl groups is 1. The van der Waals surface area contributed by atoms with Crippen LogP contribution in [0.3, 0.4) is 0 Å². The molecule has 2 heterocycles. The van der Waals surface area contributed by atoms with Crippen LogP contribution in [0.5, 0.6) is 5.75 Å². The summed E-state index contributed by atoms with van der Waals surface area (Å²) in [7, 11) is 0. The molecule has 4 heteroatoms. The summed E-state index contributed by atoms with van der Waals surface area (Å²) >= 11 is 0. The molecule has 0 saturated carbocycles. The molecule has 0 amide bonds. The van der Waals surface area contributed by atoms with Crippen LogP contribution in [0.4, 0.5) is 0 Å². The predicted molar refractivity (Wildman–Crippen MR) is 271 cm³/mol. The van der Waals surface area contributed by atoms with Crippen molar-refractivity contribution in [3.8, 4) is 89.7 Å². The highest BCUT2D eigenvalue weighted by Gasteiger charge is 2.27. The van der Waals surface area contributed by atoms with Gasteiger partial charge in [0, 0.05) is 22.9 Å². The SMILES string of the molecule is Cc1ccc(-c2ccnc(-c3cc(-c4ccccc4)cc(-c4cccc5c4nc(-c4cc(C)cc(C)c4O)n5-c4cc(-c5ccccc5)c(C(C)(C)C)cc4-c4ccccc4)c3)c2)cc1. The molecule has 2 aromatic heterocycles. The van der Waals surface area contributed by atoms with Crippen molar-refractivity contribution in [1.29, 1.82) is 0 Å². The van der Waals surface area contributed by atoms with Gasteiger partial charge in [0.25, 0.3) is 0 Å². The van der Waals surface area contributed by atoms with Gasteiger partial charge in [-0.1, -0.05) is 160 Å². The van der Waals surface area contributed by atoms with E-state index in [9.17, 15) is 5.11 Å². The first-order chi connectivity index (χ1) is 31.5. The van der Waals surface area contributed by atoms with E-state index in [1.807, 2.05) is 19.2 Å². The highest BCUT2D eigenvalue weighted by molar-refractivity contribution is 5.99. The summed E-state index contributed by atoms with van der Waals surface area (Å²) in [5.74, 6) is 0.890. The normalized spacial score (nSPS) is 11.6. The van der Waals surface area contributed by atoms with Gasteiger partial charge in [-0.05, 0) is 142 Å². The Morgan fingerprint density at radius 2 is 1.06 bits per heavy atom. The van der Waals surface area contributed by atoms with Gasteiger partial charge in [0.15, 0.2) is 0 Å². The average Bonchev–Trinajstić information content (AvgIpc) is 3.72. The zero-order chi connectivity index (χ0) is 44.8. The van der Waals surface area contributed by atoms with Gasteiger partial charge in [0.2, 0.25) is 0 Å². The summed E-state index contributed by atoms with van der Waals surface area (Å²) in [5.41, 5.74) is 20.4. The van der Waals surface area contributed by atoms with E-state index in [4.69, 9.17) is 9.97 Å². The molecule has 10 aromatic rings. The maximum atomic E-state index is 12.0. The standard InChI is InChI=1S/C61H51N3O/c1-39-25-27-43(28-26-39)46-29-30-62-55(36-46)49-34-47(42-17-10-7-11-18-42)33-48(35-49)50-23-16-24-56-58(50)63-60(53-32-40(2)31-41(3)59(53)65)64(56)57-38-51(44-19-12-8-13-20-44)54(61(4,5)6)37-52(57)45-21-14-9-15-22-45/h7-38,65H,1-6H3. The van der Waals surface area contributed by atoms with Crippen molar-refractivity contribution in [2.45, 2.75) is 47.0 Å². The number of aryl methyl sites for hydroxylation is 3. The number of hydrogen-bond donors (Lipinski definition) is 1. The molecular weight excluding hydrogens is 791 g/mol. The van der Waals surface area contributed by atoms with Gasteiger partial charge in [-0.25, -0.2) is 4.98 Å². The molecule has 0 bridgehead atoms. The van der Waals surface area contributed by atoms with E-state index >= 15 is 0 Å². The number of phenols is 1. The van der Waals surface area contributed by atoms with Crippen LogP contribution in [-0.2, 0) is 5.41 Å². The van der Waals surface area contributed by atoms with Crippen LogP contribution in [0.25, 0.3) is 95.0 Å². The van der Waals surface area contributed by atoms with Crippen LogP contribution in [-0.4, -0.2) is 19.6 Å². The maximum absolute atomic E-state index is 12.0. The van der Waals surface area contributed by atoms with Crippen molar-refractivity contribution in [3.63, 3.8) is 0 Å². The second-order valence-corrected chi connectivity index (χ2v) is 18.3. The number of pyridine rings is 1. The Balaban J connectivity index is 1.28. The molecule has 10 rings (SSSR count). The number of fused-ring (bicyclic) bond motifs is 1. The topological polar surface area (TPSA) is 50.9 Å². The number of aromatic nitrogens is 3. The van der Waals surface area contributed by atoms with Crippen LogP contribution >= 0.6 is 0 Å². The maximum Gasteiger partial charge on any atom is 0.149 e. The molecule has 8 aromatic carbocycles. The number of imidazole rings is 1. The van der Waals surface area contributed by atoms with Crippen molar-refractivity contribution in [2.24, 2.45) is 0 Å². The molecular formula is C61H51N3O. The number of para-hydroxylation sites is 1. The Morgan fingerprint density at radius 1 is 0.446 bits per heavy atom. The molecule has 0 unspecified atom stereocenters. The first-order valence-electron chi connectivity index (χ1n) is 22.4. The average molecular weight is 842 g/mol. The molecule has 0 fully saturated rings. The first-order valence-corrected chi connectivity index (χ1v) is 22.4. The molecule has 0 radical (unpaired) electrons. The molecule has 0 aliphatic heterocycles. The van der Waals surface area contributed by atoms with E-state index in [-0.39, 0.29) is 11.2 Å². The van der Waals surface area contributed by atoms with Gasteiger partial charge in [0.1, 0.15) is 11.6 Å². The van der Waals surface area contributed by atoms with Crippen molar-refractivity contribution < 1.29 is 5.11 Å². The van der Waals surface area contributed by atoms with Gasteiger partial charge >= 0.3 is 0 Å². The summed E-state index contributed by atoms with van der Waals surface area (Å²) in [4.78, 5) is 10.6. The number of nitrogens with zero attached hydrogens (tertiary/aromatic N) is 3. The summed E-state index contributed by atoms with van der Waals surface area (Å²) in [5, 5.41) is 12.0. The summed E-state index contributed by atoms with van der Waals surface area (Å²) in [6.07, 6.45) is 1.91. The molecule has 0 atom stereocenters. The Kier molecular flexibility index (Phi) is 10.6. The number of benzene rings is 8. The zero-order valence-electron chi connectivity index (χ0n) is 37.8. The lowest BCUT2D eigenvalue weighted by molar-refractivity contribution is 0.472. The fraction of sp³-hybridized carbons (Fsp3) is 0.115. The zero-order valence-corrected chi connectivity index (χ0v) is 37.8. The quantitative estimate of drug-likeness (QED) is 0.166. The second-order valence-electron chi connectivity index (χ2n) is 18.3. The smallest absolute Gasteiger partial charge is 0.149 e. The summed E-state index contributed by atoms with van der Waals surface area (Å²) in [6.45, 7) is 13.0. The lowest BCUT2D eigenvalue weighted by Crippen LogP contribution is -2.14. The van der Waals surface area contributed by atoms with Crippen molar-refractivity contribution in [3.05, 3.63) is 217 Å². The minimum atomic E-state index is -0.165. The van der Waals surface area contributed by atoms with E-state index in [1.54, 1.807) is 0 Å². The largest absolute Gasteiger partial charge is 0.507 e. The van der Waals surface area contributed by atoms with Crippen LogP contribution in [0.1, 0.15) is 43.0 Å². The minimum Gasteiger partial charge on any atom is -0.507 e. The van der Waals surface area contributed by atoms with E-state index in [0.29, 0.717) is 11.4 Å².